The molecular weight excluding hydrogens is 455 g/mol. The van der Waals surface area contributed by atoms with Gasteiger partial charge in [0.1, 0.15) is 0 Å². The first kappa shape index (κ1) is 22.3. The van der Waals surface area contributed by atoms with Gasteiger partial charge in [-0.15, -0.1) is 24.0 Å². The molecule has 25 heavy (non-hydrogen) atoms. The molecule has 1 aromatic rings. The molecule has 0 aliphatic carbocycles. The summed E-state index contributed by atoms with van der Waals surface area (Å²) in [6, 6.07) is 8.00. The lowest BCUT2D eigenvalue weighted by Crippen LogP contribution is -2.53. The van der Waals surface area contributed by atoms with Gasteiger partial charge < -0.3 is 24.6 Å². The molecule has 1 aromatic carbocycles. The molecule has 1 aliphatic rings. The summed E-state index contributed by atoms with van der Waals surface area (Å²) < 4.78 is 10.4. The molecule has 1 heterocycles. The Kier molecular flexibility index (Phi) is 11.2. The summed E-state index contributed by atoms with van der Waals surface area (Å²) >= 11 is 6.29. The summed E-state index contributed by atoms with van der Waals surface area (Å²) in [7, 11) is 3.49. The van der Waals surface area contributed by atoms with E-state index in [1.807, 2.05) is 25.2 Å². The van der Waals surface area contributed by atoms with Crippen LogP contribution < -0.4 is 10.2 Å². The molecule has 0 amide bonds. The third-order valence-corrected chi connectivity index (χ3v) is 4.27. The standard InChI is InChI=1S/C17H27ClN4O2.HI/c1-19-17(20-7-12-24-14-13-23-2)22-10-8-21(9-11-22)16-6-4-3-5-15(16)18;/h3-6H,7-14H2,1-2H3,(H,19,20);1H. The third kappa shape index (κ3) is 7.16. The van der Waals surface area contributed by atoms with Crippen LogP contribution in [0.5, 0.6) is 0 Å². The molecule has 0 aromatic heterocycles. The van der Waals surface area contributed by atoms with E-state index in [2.05, 4.69) is 26.2 Å². The van der Waals surface area contributed by atoms with Crippen molar-refractivity contribution in [3.8, 4) is 0 Å². The number of nitrogens with one attached hydrogen (secondary N) is 1. The van der Waals surface area contributed by atoms with Gasteiger partial charge >= 0.3 is 0 Å². The number of anilines is 1. The fourth-order valence-corrected chi connectivity index (χ4v) is 2.93. The van der Waals surface area contributed by atoms with Crippen LogP contribution in [0.3, 0.4) is 0 Å². The molecule has 8 heteroatoms. The Balaban J connectivity index is 0.00000312. The summed E-state index contributed by atoms with van der Waals surface area (Å²) in [6.07, 6.45) is 0. The van der Waals surface area contributed by atoms with Gasteiger partial charge in [-0.2, -0.15) is 0 Å². The highest BCUT2D eigenvalue weighted by Crippen LogP contribution is 2.25. The third-order valence-electron chi connectivity index (χ3n) is 3.95. The zero-order chi connectivity index (χ0) is 17.2. The summed E-state index contributed by atoms with van der Waals surface area (Å²) in [5.41, 5.74) is 1.10. The van der Waals surface area contributed by atoms with E-state index in [1.165, 1.54) is 0 Å². The van der Waals surface area contributed by atoms with E-state index in [0.29, 0.717) is 19.8 Å². The SMILES string of the molecule is CN=C(NCCOCCOC)N1CCN(c2ccccc2Cl)CC1.I. The lowest BCUT2D eigenvalue weighted by Gasteiger charge is -2.38. The number of para-hydroxylation sites is 1. The molecular formula is C17H28ClIN4O2. The lowest BCUT2D eigenvalue weighted by molar-refractivity contribution is 0.0731. The molecule has 1 N–H and O–H groups in total. The predicted molar refractivity (Wildman–Crippen MR) is 115 cm³/mol. The Hall–Kier alpha value is -0.770. The van der Waals surface area contributed by atoms with Crippen molar-refractivity contribution in [2.24, 2.45) is 4.99 Å². The van der Waals surface area contributed by atoms with Gasteiger partial charge in [-0.3, -0.25) is 4.99 Å². The molecule has 0 atom stereocenters. The van der Waals surface area contributed by atoms with Crippen molar-refractivity contribution >= 4 is 47.2 Å². The number of hydrogen-bond acceptors (Lipinski definition) is 4. The average molecular weight is 483 g/mol. The van der Waals surface area contributed by atoms with Crippen molar-refractivity contribution in [3.63, 3.8) is 0 Å². The molecule has 0 radical (unpaired) electrons. The van der Waals surface area contributed by atoms with E-state index < -0.39 is 0 Å². The number of guanidine groups is 1. The smallest absolute Gasteiger partial charge is 0.193 e. The fourth-order valence-electron chi connectivity index (χ4n) is 2.68. The number of ether oxygens (including phenoxy) is 2. The number of methoxy groups -OCH3 is 1. The van der Waals surface area contributed by atoms with Crippen LogP contribution in [0.15, 0.2) is 29.3 Å². The Morgan fingerprint density at radius 3 is 2.52 bits per heavy atom. The Bertz CT molecular complexity index is 525. The van der Waals surface area contributed by atoms with Crippen LogP contribution in [-0.2, 0) is 9.47 Å². The quantitative estimate of drug-likeness (QED) is 0.280. The number of aliphatic imine (C=N–C) groups is 1. The first-order chi connectivity index (χ1) is 11.8. The second-order valence-electron chi connectivity index (χ2n) is 5.50. The molecule has 0 unspecified atom stereocenters. The molecule has 0 spiro atoms. The minimum atomic E-state index is 0. The minimum absolute atomic E-state index is 0. The molecule has 2 rings (SSSR count). The van der Waals surface area contributed by atoms with Crippen LogP contribution in [0, 0.1) is 0 Å². The van der Waals surface area contributed by atoms with E-state index >= 15 is 0 Å². The van der Waals surface area contributed by atoms with Crippen LogP contribution in [0.1, 0.15) is 0 Å². The second-order valence-corrected chi connectivity index (χ2v) is 5.91. The van der Waals surface area contributed by atoms with E-state index in [0.717, 1.165) is 49.4 Å². The van der Waals surface area contributed by atoms with Crippen LogP contribution in [-0.4, -0.2) is 77.6 Å². The summed E-state index contributed by atoms with van der Waals surface area (Å²) in [6.45, 7) is 6.30. The van der Waals surface area contributed by atoms with E-state index in [1.54, 1.807) is 7.11 Å². The van der Waals surface area contributed by atoms with Crippen LogP contribution in [0.4, 0.5) is 5.69 Å². The molecule has 1 aliphatic heterocycles. The number of rotatable bonds is 7. The fraction of sp³-hybridized carbons (Fsp3) is 0.588. The Labute approximate surface area is 172 Å². The van der Waals surface area contributed by atoms with Crippen molar-refractivity contribution in [1.82, 2.24) is 10.2 Å². The van der Waals surface area contributed by atoms with Crippen molar-refractivity contribution in [2.75, 3.05) is 71.6 Å². The monoisotopic (exact) mass is 482 g/mol. The number of piperazine rings is 1. The summed E-state index contributed by atoms with van der Waals surface area (Å²) in [5.74, 6) is 0.921. The normalized spacial score (nSPS) is 15.1. The molecule has 142 valence electrons. The van der Waals surface area contributed by atoms with Gasteiger partial charge in [0, 0.05) is 46.9 Å². The van der Waals surface area contributed by atoms with Crippen molar-refractivity contribution in [1.29, 1.82) is 0 Å². The topological polar surface area (TPSA) is 49.3 Å². The maximum Gasteiger partial charge on any atom is 0.193 e. The lowest BCUT2D eigenvalue weighted by atomic mass is 10.2. The zero-order valence-corrected chi connectivity index (χ0v) is 18.0. The minimum Gasteiger partial charge on any atom is -0.382 e. The highest BCUT2D eigenvalue weighted by molar-refractivity contribution is 14.0. The molecule has 0 saturated carbocycles. The van der Waals surface area contributed by atoms with Gasteiger partial charge in [0.05, 0.1) is 30.5 Å². The van der Waals surface area contributed by atoms with Gasteiger partial charge in [0.25, 0.3) is 0 Å². The first-order valence-corrected chi connectivity index (χ1v) is 8.66. The first-order valence-electron chi connectivity index (χ1n) is 8.28. The number of hydrogen-bond donors (Lipinski definition) is 1. The largest absolute Gasteiger partial charge is 0.382 e. The van der Waals surface area contributed by atoms with Crippen molar-refractivity contribution < 1.29 is 9.47 Å². The van der Waals surface area contributed by atoms with Gasteiger partial charge in [0.2, 0.25) is 0 Å². The molecule has 6 nitrogen and oxygen atoms in total. The van der Waals surface area contributed by atoms with Crippen LogP contribution >= 0.6 is 35.6 Å². The van der Waals surface area contributed by atoms with Crippen molar-refractivity contribution in [2.45, 2.75) is 0 Å². The van der Waals surface area contributed by atoms with Gasteiger partial charge in [-0.05, 0) is 12.1 Å². The Morgan fingerprint density at radius 1 is 1.16 bits per heavy atom. The zero-order valence-electron chi connectivity index (χ0n) is 14.9. The van der Waals surface area contributed by atoms with Crippen LogP contribution in [0.25, 0.3) is 0 Å². The number of nitrogens with zero attached hydrogens (tertiary/aromatic N) is 3. The summed E-state index contributed by atoms with van der Waals surface area (Å²) in [5, 5.41) is 4.15. The highest BCUT2D eigenvalue weighted by atomic mass is 127. The second kappa shape index (κ2) is 12.6. The maximum atomic E-state index is 6.29. The van der Waals surface area contributed by atoms with Gasteiger partial charge in [0.15, 0.2) is 5.96 Å². The molecule has 1 fully saturated rings. The number of halogens is 2. The van der Waals surface area contributed by atoms with E-state index in [9.17, 15) is 0 Å². The van der Waals surface area contributed by atoms with Crippen LogP contribution in [0.2, 0.25) is 5.02 Å². The average Bonchev–Trinajstić information content (AvgIpc) is 2.62. The van der Waals surface area contributed by atoms with Gasteiger partial charge in [-0.1, -0.05) is 23.7 Å². The van der Waals surface area contributed by atoms with Gasteiger partial charge in [-0.25, -0.2) is 0 Å². The predicted octanol–water partition coefficient (Wildman–Crippen LogP) is 2.32. The Morgan fingerprint density at radius 2 is 1.88 bits per heavy atom. The van der Waals surface area contributed by atoms with E-state index in [-0.39, 0.29) is 24.0 Å². The maximum absolute atomic E-state index is 6.29. The number of benzene rings is 1. The molecule has 1 saturated heterocycles. The summed E-state index contributed by atoms with van der Waals surface area (Å²) in [4.78, 5) is 8.95. The van der Waals surface area contributed by atoms with Crippen molar-refractivity contribution in [3.05, 3.63) is 29.3 Å². The van der Waals surface area contributed by atoms with E-state index in [4.69, 9.17) is 21.1 Å². The molecule has 0 bridgehead atoms. The highest BCUT2D eigenvalue weighted by Gasteiger charge is 2.20.